The van der Waals surface area contributed by atoms with Gasteiger partial charge in [0.15, 0.2) is 23.1 Å². The second-order valence-corrected chi connectivity index (χ2v) is 5.42. The Kier molecular flexibility index (Phi) is 5.93. The summed E-state index contributed by atoms with van der Waals surface area (Å²) < 4.78 is 36.6. The lowest BCUT2D eigenvalue weighted by molar-refractivity contribution is 0.354. The molecule has 0 aliphatic rings. The van der Waals surface area contributed by atoms with E-state index in [4.69, 9.17) is 9.47 Å². The number of hydrogen-bond acceptors (Lipinski definition) is 3. The van der Waals surface area contributed by atoms with Gasteiger partial charge in [-0.15, -0.1) is 0 Å². The van der Waals surface area contributed by atoms with E-state index in [1.807, 2.05) is 25.1 Å². The van der Waals surface area contributed by atoms with Crippen LogP contribution in [-0.2, 0) is 13.0 Å². The van der Waals surface area contributed by atoms with E-state index < -0.39 is 11.6 Å². The molecule has 0 bridgehead atoms. The van der Waals surface area contributed by atoms with E-state index in [9.17, 15) is 8.78 Å². The first-order chi connectivity index (χ1) is 11.0. The number of rotatable bonds is 7. The zero-order valence-corrected chi connectivity index (χ0v) is 13.5. The molecule has 2 aromatic rings. The highest BCUT2D eigenvalue weighted by atomic mass is 19.2. The number of benzene rings is 2. The number of methoxy groups -OCH3 is 2. The van der Waals surface area contributed by atoms with E-state index in [2.05, 4.69) is 5.32 Å². The first kappa shape index (κ1) is 17.2. The fourth-order valence-electron chi connectivity index (χ4n) is 2.38. The lowest BCUT2D eigenvalue weighted by Gasteiger charge is -2.15. The fraction of sp³-hybridized carbons (Fsp3) is 0.333. The Bertz CT molecular complexity index is 661. The summed E-state index contributed by atoms with van der Waals surface area (Å²) in [5, 5.41) is 3.30. The quantitative estimate of drug-likeness (QED) is 0.843. The predicted octanol–water partition coefficient (Wildman–Crippen LogP) is 3.70. The zero-order chi connectivity index (χ0) is 16.8. The van der Waals surface area contributed by atoms with Crippen LogP contribution in [0.4, 0.5) is 8.78 Å². The van der Waals surface area contributed by atoms with E-state index in [0.717, 1.165) is 18.1 Å². The van der Waals surface area contributed by atoms with Crippen LogP contribution in [0.5, 0.6) is 11.5 Å². The van der Waals surface area contributed by atoms with Crippen molar-refractivity contribution in [1.29, 1.82) is 0 Å². The standard InChI is InChI=1S/C18H21F2NO2/c1-12(21-11-14-4-6-15(19)16(20)9-14)8-13-5-7-17(22-2)18(10-13)23-3/h4-7,9-10,12,21H,8,11H2,1-3H3. The number of halogens is 2. The highest BCUT2D eigenvalue weighted by Gasteiger charge is 2.09. The number of ether oxygens (including phenoxy) is 2. The summed E-state index contributed by atoms with van der Waals surface area (Å²) in [5.41, 5.74) is 1.82. The van der Waals surface area contributed by atoms with Crippen LogP contribution in [0.3, 0.4) is 0 Å². The van der Waals surface area contributed by atoms with E-state index >= 15 is 0 Å². The topological polar surface area (TPSA) is 30.5 Å². The Morgan fingerprint density at radius 2 is 1.61 bits per heavy atom. The van der Waals surface area contributed by atoms with Crippen LogP contribution in [0.2, 0.25) is 0 Å². The summed E-state index contributed by atoms with van der Waals surface area (Å²) in [5.74, 6) is -0.263. The molecule has 0 aliphatic heterocycles. The third-order valence-electron chi connectivity index (χ3n) is 3.63. The molecule has 0 aliphatic carbocycles. The summed E-state index contributed by atoms with van der Waals surface area (Å²) >= 11 is 0. The molecular weight excluding hydrogens is 300 g/mol. The van der Waals surface area contributed by atoms with Crippen molar-refractivity contribution in [3.05, 3.63) is 59.2 Å². The smallest absolute Gasteiger partial charge is 0.160 e. The van der Waals surface area contributed by atoms with E-state index in [1.165, 1.54) is 6.07 Å². The van der Waals surface area contributed by atoms with Gasteiger partial charge in [0.05, 0.1) is 14.2 Å². The monoisotopic (exact) mass is 321 g/mol. The molecule has 0 fully saturated rings. The fourth-order valence-corrected chi connectivity index (χ4v) is 2.38. The average molecular weight is 321 g/mol. The largest absolute Gasteiger partial charge is 0.493 e. The molecule has 124 valence electrons. The van der Waals surface area contributed by atoms with Gasteiger partial charge in [-0.1, -0.05) is 12.1 Å². The van der Waals surface area contributed by atoms with Crippen LogP contribution in [0, 0.1) is 11.6 Å². The van der Waals surface area contributed by atoms with Gasteiger partial charge in [-0.3, -0.25) is 0 Å². The van der Waals surface area contributed by atoms with Crippen molar-refractivity contribution in [2.24, 2.45) is 0 Å². The molecule has 0 saturated heterocycles. The molecule has 0 heterocycles. The molecule has 1 unspecified atom stereocenters. The Morgan fingerprint density at radius 1 is 0.913 bits per heavy atom. The maximum absolute atomic E-state index is 13.2. The molecule has 2 rings (SSSR count). The highest BCUT2D eigenvalue weighted by molar-refractivity contribution is 5.43. The molecule has 0 radical (unpaired) electrons. The number of nitrogens with one attached hydrogen (secondary N) is 1. The Balaban J connectivity index is 1.94. The Hall–Kier alpha value is -2.14. The second kappa shape index (κ2) is 7.92. The van der Waals surface area contributed by atoms with Crippen molar-refractivity contribution in [2.45, 2.75) is 25.9 Å². The minimum Gasteiger partial charge on any atom is -0.493 e. The molecule has 5 heteroatoms. The zero-order valence-electron chi connectivity index (χ0n) is 13.5. The Labute approximate surface area is 135 Å². The van der Waals surface area contributed by atoms with Crippen LogP contribution in [0.1, 0.15) is 18.1 Å². The van der Waals surface area contributed by atoms with Gasteiger partial charge in [-0.2, -0.15) is 0 Å². The normalized spacial score (nSPS) is 12.0. The van der Waals surface area contributed by atoms with E-state index in [0.29, 0.717) is 23.6 Å². The van der Waals surface area contributed by atoms with Crippen molar-refractivity contribution in [3.63, 3.8) is 0 Å². The van der Waals surface area contributed by atoms with Gasteiger partial charge in [-0.25, -0.2) is 8.78 Å². The summed E-state index contributed by atoms with van der Waals surface area (Å²) in [6.07, 6.45) is 0.782. The molecule has 1 atom stereocenters. The SMILES string of the molecule is COc1ccc(CC(C)NCc2ccc(F)c(F)c2)cc1OC. The predicted molar refractivity (Wildman–Crippen MR) is 85.9 cm³/mol. The molecular formula is C18H21F2NO2. The lowest BCUT2D eigenvalue weighted by Crippen LogP contribution is -2.27. The lowest BCUT2D eigenvalue weighted by atomic mass is 10.1. The van der Waals surface area contributed by atoms with Gasteiger partial charge in [0, 0.05) is 12.6 Å². The molecule has 0 saturated carbocycles. The average Bonchev–Trinajstić information content (AvgIpc) is 2.55. The molecule has 0 aromatic heterocycles. The molecule has 2 aromatic carbocycles. The molecule has 1 N–H and O–H groups in total. The Morgan fingerprint density at radius 3 is 2.26 bits per heavy atom. The highest BCUT2D eigenvalue weighted by Crippen LogP contribution is 2.28. The van der Waals surface area contributed by atoms with Gasteiger partial charge < -0.3 is 14.8 Å². The van der Waals surface area contributed by atoms with Crippen molar-refractivity contribution < 1.29 is 18.3 Å². The molecule has 3 nitrogen and oxygen atoms in total. The first-order valence-electron chi connectivity index (χ1n) is 7.41. The summed E-state index contributed by atoms with van der Waals surface area (Å²) in [6.45, 7) is 2.52. The van der Waals surface area contributed by atoms with Crippen molar-refractivity contribution in [1.82, 2.24) is 5.32 Å². The van der Waals surface area contributed by atoms with Crippen molar-refractivity contribution >= 4 is 0 Å². The van der Waals surface area contributed by atoms with Gasteiger partial charge in [-0.05, 0) is 48.7 Å². The maximum atomic E-state index is 13.2. The van der Waals surface area contributed by atoms with Crippen molar-refractivity contribution in [2.75, 3.05) is 14.2 Å². The third-order valence-corrected chi connectivity index (χ3v) is 3.63. The second-order valence-electron chi connectivity index (χ2n) is 5.42. The molecule has 0 spiro atoms. The van der Waals surface area contributed by atoms with Crippen LogP contribution in [-0.4, -0.2) is 20.3 Å². The van der Waals surface area contributed by atoms with Crippen LogP contribution in [0.25, 0.3) is 0 Å². The molecule has 0 amide bonds. The number of hydrogen-bond donors (Lipinski definition) is 1. The molecule has 23 heavy (non-hydrogen) atoms. The maximum Gasteiger partial charge on any atom is 0.160 e. The third kappa shape index (κ3) is 4.66. The summed E-state index contributed by atoms with van der Waals surface area (Å²) in [7, 11) is 3.20. The van der Waals surface area contributed by atoms with Crippen LogP contribution < -0.4 is 14.8 Å². The summed E-state index contributed by atoms with van der Waals surface area (Å²) in [6, 6.07) is 9.90. The van der Waals surface area contributed by atoms with Crippen LogP contribution in [0.15, 0.2) is 36.4 Å². The minimum absolute atomic E-state index is 0.168. The van der Waals surface area contributed by atoms with Crippen molar-refractivity contribution in [3.8, 4) is 11.5 Å². The van der Waals surface area contributed by atoms with Gasteiger partial charge in [0.2, 0.25) is 0 Å². The van der Waals surface area contributed by atoms with Gasteiger partial charge in [0.25, 0.3) is 0 Å². The van der Waals surface area contributed by atoms with E-state index in [1.54, 1.807) is 20.3 Å². The minimum atomic E-state index is -0.827. The van der Waals surface area contributed by atoms with E-state index in [-0.39, 0.29) is 6.04 Å². The first-order valence-corrected chi connectivity index (χ1v) is 7.41. The summed E-state index contributed by atoms with van der Waals surface area (Å²) in [4.78, 5) is 0. The van der Waals surface area contributed by atoms with Gasteiger partial charge >= 0.3 is 0 Å². The van der Waals surface area contributed by atoms with Crippen LogP contribution >= 0.6 is 0 Å². The van der Waals surface area contributed by atoms with Gasteiger partial charge in [0.1, 0.15) is 0 Å².